The first kappa shape index (κ1) is 7.10. The summed E-state index contributed by atoms with van der Waals surface area (Å²) in [7, 11) is 0. The van der Waals surface area contributed by atoms with Crippen molar-refractivity contribution in [2.45, 2.75) is 6.42 Å². The molecule has 0 aliphatic heterocycles. The Bertz CT molecular complexity index is 370. The van der Waals surface area contributed by atoms with E-state index in [2.05, 4.69) is 0 Å². The highest BCUT2D eigenvalue weighted by atomic mass is 16.1. The lowest BCUT2D eigenvalue weighted by molar-refractivity contribution is -0.107. The molecule has 2 aromatic rings. The molecule has 0 aliphatic carbocycles. The lowest BCUT2D eigenvalue weighted by Crippen LogP contribution is -1.80. The van der Waals surface area contributed by atoms with Gasteiger partial charge in [-0.05, 0) is 23.8 Å². The first-order chi connectivity index (χ1) is 5.90. The molecule has 0 saturated heterocycles. The van der Waals surface area contributed by atoms with Gasteiger partial charge in [0.1, 0.15) is 6.29 Å². The summed E-state index contributed by atoms with van der Waals surface area (Å²) < 4.78 is 2.01. The van der Waals surface area contributed by atoms with Gasteiger partial charge in [-0.15, -0.1) is 0 Å². The number of rotatable bonds is 2. The van der Waals surface area contributed by atoms with Crippen LogP contribution < -0.4 is 0 Å². The molecule has 2 aromatic heterocycles. The second-order valence-electron chi connectivity index (χ2n) is 2.75. The van der Waals surface area contributed by atoms with Gasteiger partial charge in [-0.25, -0.2) is 0 Å². The highest BCUT2D eigenvalue weighted by molar-refractivity contribution is 5.59. The van der Waals surface area contributed by atoms with Gasteiger partial charge in [0, 0.05) is 24.3 Å². The normalized spacial score (nSPS) is 10.3. The van der Waals surface area contributed by atoms with Crippen molar-refractivity contribution < 1.29 is 4.79 Å². The Morgan fingerprint density at radius 2 is 2.33 bits per heavy atom. The van der Waals surface area contributed by atoms with E-state index < -0.39 is 0 Å². The summed E-state index contributed by atoms with van der Waals surface area (Å²) in [4.78, 5) is 10.2. The van der Waals surface area contributed by atoms with E-state index in [4.69, 9.17) is 0 Å². The van der Waals surface area contributed by atoms with Crippen LogP contribution in [0.3, 0.4) is 0 Å². The van der Waals surface area contributed by atoms with Crippen molar-refractivity contribution in [2.24, 2.45) is 0 Å². The average Bonchev–Trinajstić information content (AvgIpc) is 2.47. The van der Waals surface area contributed by atoms with Crippen molar-refractivity contribution >= 4 is 11.8 Å². The summed E-state index contributed by atoms with van der Waals surface area (Å²) in [6, 6.07) is 8.00. The van der Waals surface area contributed by atoms with E-state index in [-0.39, 0.29) is 0 Å². The maximum Gasteiger partial charge on any atom is 0.124 e. The van der Waals surface area contributed by atoms with Crippen LogP contribution in [0.2, 0.25) is 0 Å². The first-order valence-corrected chi connectivity index (χ1v) is 3.89. The quantitative estimate of drug-likeness (QED) is 0.611. The Morgan fingerprint density at radius 3 is 3.08 bits per heavy atom. The van der Waals surface area contributed by atoms with E-state index in [9.17, 15) is 4.79 Å². The molecule has 2 heterocycles. The number of carbonyl (C=O) groups excluding carboxylic acids is 1. The molecule has 0 unspecified atom stereocenters. The van der Waals surface area contributed by atoms with Crippen molar-refractivity contribution in [3.63, 3.8) is 0 Å². The molecule has 0 saturated carbocycles. The Hall–Kier alpha value is -1.57. The number of nitrogens with zero attached hydrogens (tertiary/aromatic N) is 1. The summed E-state index contributed by atoms with van der Waals surface area (Å²) in [6.07, 6.45) is 5.38. The van der Waals surface area contributed by atoms with Crippen molar-refractivity contribution in [1.82, 2.24) is 4.40 Å². The molecule has 12 heavy (non-hydrogen) atoms. The molecular formula is C10H9NO. The Balaban J connectivity index is 2.54. The topological polar surface area (TPSA) is 21.5 Å². The molecule has 2 heteroatoms. The van der Waals surface area contributed by atoms with Gasteiger partial charge in [0.25, 0.3) is 0 Å². The van der Waals surface area contributed by atoms with Crippen molar-refractivity contribution in [1.29, 1.82) is 0 Å². The Morgan fingerprint density at radius 1 is 1.42 bits per heavy atom. The minimum Gasteiger partial charge on any atom is -0.324 e. The van der Waals surface area contributed by atoms with Crippen LogP contribution in [-0.4, -0.2) is 10.7 Å². The monoisotopic (exact) mass is 159 g/mol. The van der Waals surface area contributed by atoms with Gasteiger partial charge in [0.15, 0.2) is 0 Å². The van der Waals surface area contributed by atoms with Crippen LogP contribution in [0.4, 0.5) is 0 Å². The SMILES string of the molecule is O=CCc1cc2ccccn2c1. The molecule has 60 valence electrons. The third-order valence-corrected chi connectivity index (χ3v) is 1.88. The summed E-state index contributed by atoms with van der Waals surface area (Å²) in [5.74, 6) is 0. The maximum absolute atomic E-state index is 10.2. The largest absolute Gasteiger partial charge is 0.324 e. The fraction of sp³-hybridized carbons (Fsp3) is 0.100. The first-order valence-electron chi connectivity index (χ1n) is 3.89. The van der Waals surface area contributed by atoms with Gasteiger partial charge in [-0.3, -0.25) is 0 Å². The number of carbonyl (C=O) groups is 1. The van der Waals surface area contributed by atoms with Crippen molar-refractivity contribution in [2.75, 3.05) is 0 Å². The second-order valence-corrected chi connectivity index (χ2v) is 2.75. The molecule has 0 aromatic carbocycles. The highest BCUT2D eigenvalue weighted by Crippen LogP contribution is 2.08. The predicted molar refractivity (Wildman–Crippen MR) is 47.2 cm³/mol. The highest BCUT2D eigenvalue weighted by Gasteiger charge is 1.96. The molecule has 0 radical (unpaired) electrons. The van der Waals surface area contributed by atoms with Crippen molar-refractivity contribution in [3.05, 3.63) is 42.2 Å². The van der Waals surface area contributed by atoms with E-state index in [1.807, 2.05) is 41.1 Å². The molecule has 2 rings (SSSR count). The summed E-state index contributed by atoms with van der Waals surface area (Å²) >= 11 is 0. The minimum absolute atomic E-state index is 0.502. The van der Waals surface area contributed by atoms with Gasteiger partial charge in [0.2, 0.25) is 0 Å². The van der Waals surface area contributed by atoms with Crippen LogP contribution >= 0.6 is 0 Å². The van der Waals surface area contributed by atoms with E-state index in [0.717, 1.165) is 17.4 Å². The van der Waals surface area contributed by atoms with Crippen LogP contribution in [0.1, 0.15) is 5.56 Å². The zero-order valence-corrected chi connectivity index (χ0v) is 6.60. The van der Waals surface area contributed by atoms with Crippen LogP contribution in [0.15, 0.2) is 36.7 Å². The van der Waals surface area contributed by atoms with Gasteiger partial charge in [-0.1, -0.05) is 6.07 Å². The molecule has 2 nitrogen and oxygen atoms in total. The van der Waals surface area contributed by atoms with E-state index in [0.29, 0.717) is 6.42 Å². The molecule has 0 spiro atoms. The van der Waals surface area contributed by atoms with E-state index in [1.54, 1.807) is 0 Å². The van der Waals surface area contributed by atoms with E-state index >= 15 is 0 Å². The molecule has 0 aliphatic rings. The number of hydrogen-bond acceptors (Lipinski definition) is 1. The zero-order chi connectivity index (χ0) is 8.39. The number of aldehydes is 1. The van der Waals surface area contributed by atoms with Gasteiger partial charge in [0.05, 0.1) is 0 Å². The van der Waals surface area contributed by atoms with Crippen LogP contribution in [0.5, 0.6) is 0 Å². The molecule has 0 amide bonds. The standard InChI is InChI=1S/C10H9NO/c12-6-4-9-7-10-3-1-2-5-11(10)8-9/h1-3,5-8H,4H2. The third-order valence-electron chi connectivity index (χ3n) is 1.88. The smallest absolute Gasteiger partial charge is 0.124 e. The number of hydrogen-bond donors (Lipinski definition) is 0. The Kier molecular flexibility index (Phi) is 1.67. The number of aromatic nitrogens is 1. The summed E-state index contributed by atoms with van der Waals surface area (Å²) in [6.45, 7) is 0. The van der Waals surface area contributed by atoms with E-state index in [1.165, 1.54) is 0 Å². The second kappa shape index (κ2) is 2.81. The molecule has 0 N–H and O–H groups in total. The van der Waals surface area contributed by atoms with Crippen molar-refractivity contribution in [3.8, 4) is 0 Å². The predicted octanol–water partition coefficient (Wildman–Crippen LogP) is 1.68. The van der Waals surface area contributed by atoms with Crippen LogP contribution in [0, 0.1) is 0 Å². The molecule has 0 bridgehead atoms. The average molecular weight is 159 g/mol. The lowest BCUT2D eigenvalue weighted by Gasteiger charge is -1.88. The summed E-state index contributed by atoms with van der Waals surface area (Å²) in [5, 5.41) is 0. The molecule has 0 atom stereocenters. The third kappa shape index (κ3) is 1.11. The fourth-order valence-corrected chi connectivity index (χ4v) is 1.32. The number of fused-ring (bicyclic) bond motifs is 1. The lowest BCUT2D eigenvalue weighted by atomic mass is 10.2. The van der Waals surface area contributed by atoms with Gasteiger partial charge >= 0.3 is 0 Å². The molecule has 0 fully saturated rings. The van der Waals surface area contributed by atoms with Crippen LogP contribution in [0.25, 0.3) is 5.52 Å². The Labute approximate surface area is 70.4 Å². The summed E-state index contributed by atoms with van der Waals surface area (Å²) in [5.41, 5.74) is 2.20. The minimum atomic E-state index is 0.502. The fourth-order valence-electron chi connectivity index (χ4n) is 1.32. The van der Waals surface area contributed by atoms with Gasteiger partial charge < -0.3 is 9.20 Å². The van der Waals surface area contributed by atoms with Gasteiger partial charge in [-0.2, -0.15) is 0 Å². The van der Waals surface area contributed by atoms with Crippen LogP contribution in [-0.2, 0) is 11.2 Å². The zero-order valence-electron chi connectivity index (χ0n) is 6.60. The maximum atomic E-state index is 10.2. The number of pyridine rings is 1. The molecular weight excluding hydrogens is 150 g/mol.